The summed E-state index contributed by atoms with van der Waals surface area (Å²) in [5.41, 5.74) is -0.449. The van der Waals surface area contributed by atoms with Crippen molar-refractivity contribution in [1.82, 2.24) is 5.32 Å². The normalized spacial score (nSPS) is 23.0. The fourth-order valence-corrected chi connectivity index (χ4v) is 2.53. The molecule has 7 nitrogen and oxygen atoms in total. The number of carbonyl (C=O) groups excluding carboxylic acids is 1. The average molecular weight is 293 g/mol. The minimum Gasteiger partial charge on any atom is -0.481 e. The summed E-state index contributed by atoms with van der Waals surface area (Å²) in [5.74, 6) is -0.208. The number of ether oxygens (including phenoxy) is 3. The van der Waals surface area contributed by atoms with Gasteiger partial charge in [-0.05, 0) is 24.6 Å². The number of nitrogens with one attached hydrogen (secondary N) is 1. The fraction of sp³-hybridized carbons (Fsp3) is 0.429. The molecule has 0 spiro atoms. The van der Waals surface area contributed by atoms with Gasteiger partial charge in [-0.25, -0.2) is 0 Å². The van der Waals surface area contributed by atoms with E-state index in [1.807, 2.05) is 0 Å². The van der Waals surface area contributed by atoms with E-state index in [0.29, 0.717) is 30.1 Å². The largest absolute Gasteiger partial charge is 0.481 e. The molecule has 2 heterocycles. The Morgan fingerprint density at radius 3 is 2.81 bits per heavy atom. The first-order valence-electron chi connectivity index (χ1n) is 6.60. The molecule has 0 aromatic heterocycles. The highest BCUT2D eigenvalue weighted by atomic mass is 16.7. The highest BCUT2D eigenvalue weighted by molar-refractivity contribution is 5.95. The van der Waals surface area contributed by atoms with Gasteiger partial charge in [0.2, 0.25) is 6.79 Å². The standard InChI is InChI=1S/C14H15NO6/c16-12(17)6-14(3-4-19-7-14)15-13(18)9-1-2-10-11(5-9)21-8-20-10/h1-2,5H,3-4,6-8H2,(H,15,18)(H,16,17). The van der Waals surface area contributed by atoms with Crippen LogP contribution < -0.4 is 14.8 Å². The zero-order chi connectivity index (χ0) is 14.9. The molecule has 0 aliphatic carbocycles. The lowest BCUT2D eigenvalue weighted by atomic mass is 9.93. The minimum atomic E-state index is -0.966. The smallest absolute Gasteiger partial charge is 0.305 e. The molecule has 3 rings (SSSR count). The summed E-state index contributed by atoms with van der Waals surface area (Å²) in [5, 5.41) is 11.8. The second-order valence-electron chi connectivity index (χ2n) is 5.18. The van der Waals surface area contributed by atoms with Crippen LogP contribution in [0, 0.1) is 0 Å². The van der Waals surface area contributed by atoms with Crippen molar-refractivity contribution in [3.8, 4) is 11.5 Å². The lowest BCUT2D eigenvalue weighted by molar-refractivity contribution is -0.138. The molecule has 1 atom stereocenters. The summed E-state index contributed by atoms with van der Waals surface area (Å²) in [6, 6.07) is 4.86. The molecule has 2 aliphatic rings. The summed E-state index contributed by atoms with van der Waals surface area (Å²) < 4.78 is 15.7. The molecule has 7 heteroatoms. The molecular formula is C14H15NO6. The van der Waals surface area contributed by atoms with Crippen LogP contribution in [-0.2, 0) is 9.53 Å². The van der Waals surface area contributed by atoms with Crippen LogP contribution >= 0.6 is 0 Å². The fourth-order valence-electron chi connectivity index (χ4n) is 2.53. The molecule has 0 radical (unpaired) electrons. The van der Waals surface area contributed by atoms with Crippen molar-refractivity contribution in [2.45, 2.75) is 18.4 Å². The maximum Gasteiger partial charge on any atom is 0.305 e. The molecule has 1 amide bonds. The molecule has 21 heavy (non-hydrogen) atoms. The molecule has 0 bridgehead atoms. The van der Waals surface area contributed by atoms with Gasteiger partial charge in [0.05, 0.1) is 18.6 Å². The van der Waals surface area contributed by atoms with Crippen LogP contribution in [0.3, 0.4) is 0 Å². The average Bonchev–Trinajstić information content (AvgIpc) is 3.06. The number of carboxylic acid groups (broad SMARTS) is 1. The predicted molar refractivity (Wildman–Crippen MR) is 70.5 cm³/mol. The van der Waals surface area contributed by atoms with E-state index in [2.05, 4.69) is 5.32 Å². The predicted octanol–water partition coefficient (Wildman–Crippen LogP) is 0.779. The van der Waals surface area contributed by atoms with E-state index < -0.39 is 11.5 Å². The van der Waals surface area contributed by atoms with Gasteiger partial charge in [0.15, 0.2) is 11.5 Å². The van der Waals surface area contributed by atoms with Gasteiger partial charge in [0.25, 0.3) is 5.91 Å². The zero-order valence-electron chi connectivity index (χ0n) is 11.3. The molecular weight excluding hydrogens is 278 g/mol. The molecule has 0 saturated carbocycles. The maximum absolute atomic E-state index is 12.3. The van der Waals surface area contributed by atoms with Crippen LogP contribution in [0.5, 0.6) is 11.5 Å². The first kappa shape index (κ1) is 13.7. The van der Waals surface area contributed by atoms with Crippen molar-refractivity contribution < 1.29 is 28.9 Å². The Labute approximate surface area is 120 Å². The number of rotatable bonds is 4. The molecule has 2 aliphatic heterocycles. The molecule has 2 N–H and O–H groups in total. The first-order valence-corrected chi connectivity index (χ1v) is 6.60. The Morgan fingerprint density at radius 1 is 1.29 bits per heavy atom. The number of fused-ring (bicyclic) bond motifs is 1. The highest BCUT2D eigenvalue weighted by Gasteiger charge is 2.39. The van der Waals surface area contributed by atoms with Crippen molar-refractivity contribution in [2.75, 3.05) is 20.0 Å². The number of benzene rings is 1. The van der Waals surface area contributed by atoms with Crippen LogP contribution in [0.2, 0.25) is 0 Å². The third kappa shape index (κ3) is 2.78. The highest BCUT2D eigenvalue weighted by Crippen LogP contribution is 2.33. The Balaban J connectivity index is 1.77. The van der Waals surface area contributed by atoms with Crippen LogP contribution in [0.15, 0.2) is 18.2 Å². The summed E-state index contributed by atoms with van der Waals surface area (Å²) in [4.78, 5) is 23.3. The van der Waals surface area contributed by atoms with Crippen LogP contribution in [-0.4, -0.2) is 42.5 Å². The SMILES string of the molecule is O=C(O)CC1(NC(=O)c2ccc3c(c2)OCO3)CCOC1. The Bertz CT molecular complexity index is 579. The second-order valence-corrected chi connectivity index (χ2v) is 5.18. The third-order valence-corrected chi connectivity index (χ3v) is 3.61. The summed E-state index contributed by atoms with van der Waals surface area (Å²) in [6.07, 6.45) is 0.318. The van der Waals surface area contributed by atoms with Crippen molar-refractivity contribution in [2.24, 2.45) is 0 Å². The van der Waals surface area contributed by atoms with Gasteiger partial charge in [0.1, 0.15) is 0 Å². The Morgan fingerprint density at radius 2 is 2.10 bits per heavy atom. The van der Waals surface area contributed by atoms with E-state index in [1.165, 1.54) is 0 Å². The molecule has 1 saturated heterocycles. The lowest BCUT2D eigenvalue weighted by Crippen LogP contribution is -2.50. The van der Waals surface area contributed by atoms with Crippen LogP contribution in [0.4, 0.5) is 0 Å². The molecule has 1 aromatic rings. The van der Waals surface area contributed by atoms with Crippen molar-refractivity contribution >= 4 is 11.9 Å². The van der Waals surface area contributed by atoms with Gasteiger partial charge >= 0.3 is 5.97 Å². The van der Waals surface area contributed by atoms with Crippen molar-refractivity contribution in [1.29, 1.82) is 0 Å². The number of carboxylic acids is 1. The van der Waals surface area contributed by atoms with E-state index in [9.17, 15) is 9.59 Å². The Hall–Kier alpha value is -2.28. The number of amides is 1. The molecule has 1 fully saturated rings. The zero-order valence-corrected chi connectivity index (χ0v) is 11.3. The van der Waals surface area contributed by atoms with E-state index in [0.717, 1.165) is 0 Å². The third-order valence-electron chi connectivity index (χ3n) is 3.61. The number of carbonyl (C=O) groups is 2. The first-order chi connectivity index (χ1) is 10.1. The van der Waals surface area contributed by atoms with E-state index >= 15 is 0 Å². The molecule has 112 valence electrons. The minimum absolute atomic E-state index is 0.136. The summed E-state index contributed by atoms with van der Waals surface area (Å²) in [6.45, 7) is 0.779. The van der Waals surface area contributed by atoms with E-state index in [-0.39, 0.29) is 25.7 Å². The van der Waals surface area contributed by atoms with Gasteiger partial charge in [0, 0.05) is 12.2 Å². The monoisotopic (exact) mass is 293 g/mol. The van der Waals surface area contributed by atoms with Gasteiger partial charge in [-0.1, -0.05) is 0 Å². The van der Waals surface area contributed by atoms with Gasteiger partial charge in [-0.2, -0.15) is 0 Å². The van der Waals surface area contributed by atoms with Crippen molar-refractivity contribution in [3.63, 3.8) is 0 Å². The quantitative estimate of drug-likeness (QED) is 0.852. The summed E-state index contributed by atoms with van der Waals surface area (Å²) in [7, 11) is 0. The number of aliphatic carboxylic acids is 1. The Kier molecular flexibility index (Phi) is 3.42. The van der Waals surface area contributed by atoms with E-state index in [4.69, 9.17) is 19.3 Å². The number of hydrogen-bond donors (Lipinski definition) is 2. The topological polar surface area (TPSA) is 94.1 Å². The van der Waals surface area contributed by atoms with Crippen LogP contribution in [0.25, 0.3) is 0 Å². The maximum atomic E-state index is 12.3. The van der Waals surface area contributed by atoms with E-state index in [1.54, 1.807) is 18.2 Å². The van der Waals surface area contributed by atoms with Gasteiger partial charge < -0.3 is 24.6 Å². The van der Waals surface area contributed by atoms with Gasteiger partial charge in [-0.15, -0.1) is 0 Å². The van der Waals surface area contributed by atoms with Crippen LogP contribution in [0.1, 0.15) is 23.2 Å². The summed E-state index contributed by atoms with van der Waals surface area (Å²) >= 11 is 0. The lowest BCUT2D eigenvalue weighted by Gasteiger charge is -2.27. The van der Waals surface area contributed by atoms with Crippen molar-refractivity contribution in [3.05, 3.63) is 23.8 Å². The molecule has 1 aromatic carbocycles. The number of hydrogen-bond acceptors (Lipinski definition) is 5. The molecule has 1 unspecified atom stereocenters. The second kappa shape index (κ2) is 5.25. The van der Waals surface area contributed by atoms with Gasteiger partial charge in [-0.3, -0.25) is 9.59 Å².